The van der Waals surface area contributed by atoms with Crippen LogP contribution in [0.4, 0.5) is 0 Å². The quantitative estimate of drug-likeness (QED) is 0.914. The zero-order valence-corrected chi connectivity index (χ0v) is 13.7. The molecule has 0 saturated carbocycles. The Hall–Kier alpha value is -0.880. The Morgan fingerprint density at radius 2 is 1.95 bits per heavy atom. The van der Waals surface area contributed by atoms with Crippen molar-refractivity contribution in [2.75, 3.05) is 6.26 Å². The minimum Gasteiger partial charge on any atom is -0.308 e. The molecule has 0 amide bonds. The van der Waals surface area contributed by atoms with Gasteiger partial charge in [0.2, 0.25) is 0 Å². The van der Waals surface area contributed by atoms with Gasteiger partial charge in [-0.05, 0) is 31.2 Å². The maximum atomic E-state index is 11.8. The van der Waals surface area contributed by atoms with Crippen molar-refractivity contribution in [2.24, 2.45) is 0 Å². The number of aryl methyl sites for hydroxylation is 1. The van der Waals surface area contributed by atoms with E-state index in [1.165, 1.54) is 16.0 Å². The number of hydrogen-bond acceptors (Lipinski definition) is 4. The molecule has 3 nitrogen and oxygen atoms in total. The maximum absolute atomic E-state index is 11.8. The van der Waals surface area contributed by atoms with Gasteiger partial charge in [-0.25, -0.2) is 8.42 Å². The van der Waals surface area contributed by atoms with E-state index in [9.17, 15) is 8.42 Å². The van der Waals surface area contributed by atoms with Crippen molar-refractivity contribution in [2.45, 2.75) is 24.9 Å². The van der Waals surface area contributed by atoms with Gasteiger partial charge in [0.05, 0.1) is 4.90 Å². The average Bonchev–Trinajstić information content (AvgIpc) is 2.76. The van der Waals surface area contributed by atoms with Gasteiger partial charge >= 0.3 is 0 Å². The first-order valence-corrected chi connectivity index (χ1v) is 9.20. The number of sulfone groups is 1. The summed E-state index contributed by atoms with van der Waals surface area (Å²) >= 11 is 7.84. The minimum atomic E-state index is -3.27. The van der Waals surface area contributed by atoms with Crippen LogP contribution in [0.25, 0.3) is 0 Å². The van der Waals surface area contributed by atoms with Crippen molar-refractivity contribution >= 4 is 32.8 Å². The van der Waals surface area contributed by atoms with E-state index in [2.05, 4.69) is 24.4 Å². The average molecular weight is 330 g/mol. The Morgan fingerprint density at radius 1 is 1.20 bits per heavy atom. The molecule has 108 valence electrons. The van der Waals surface area contributed by atoms with Crippen LogP contribution in [0, 0.1) is 6.92 Å². The Kier molecular flexibility index (Phi) is 4.86. The van der Waals surface area contributed by atoms with E-state index in [0.29, 0.717) is 28.6 Å². The molecule has 0 radical (unpaired) electrons. The topological polar surface area (TPSA) is 46.2 Å². The van der Waals surface area contributed by atoms with Crippen molar-refractivity contribution < 1.29 is 8.42 Å². The summed E-state index contributed by atoms with van der Waals surface area (Å²) in [6.45, 7) is 3.19. The number of hydrogen-bond donors (Lipinski definition) is 1. The van der Waals surface area contributed by atoms with Crippen LogP contribution in [-0.4, -0.2) is 14.7 Å². The van der Waals surface area contributed by atoms with Gasteiger partial charge in [0.1, 0.15) is 0 Å². The molecule has 0 bridgehead atoms. The number of benzene rings is 1. The number of nitrogens with one attached hydrogen (secondary N) is 1. The number of thiophene rings is 1. The highest BCUT2D eigenvalue weighted by Gasteiger charge is 2.15. The maximum Gasteiger partial charge on any atom is 0.175 e. The molecule has 0 atom stereocenters. The van der Waals surface area contributed by atoms with E-state index in [4.69, 9.17) is 11.6 Å². The van der Waals surface area contributed by atoms with Crippen LogP contribution in [-0.2, 0) is 22.9 Å². The third kappa shape index (κ3) is 3.82. The monoisotopic (exact) mass is 329 g/mol. The summed E-state index contributed by atoms with van der Waals surface area (Å²) in [7, 11) is -3.27. The fourth-order valence-electron chi connectivity index (χ4n) is 1.95. The molecule has 1 heterocycles. The second-order valence-corrected chi connectivity index (χ2v) is 8.37. The normalized spacial score (nSPS) is 11.8. The van der Waals surface area contributed by atoms with Crippen molar-refractivity contribution in [3.8, 4) is 0 Å². The molecule has 0 saturated heterocycles. The van der Waals surface area contributed by atoms with Crippen molar-refractivity contribution in [1.29, 1.82) is 0 Å². The summed E-state index contributed by atoms with van der Waals surface area (Å²) in [4.78, 5) is 2.77. The Labute approximate surface area is 128 Å². The van der Waals surface area contributed by atoms with Crippen LogP contribution in [0.15, 0.2) is 35.2 Å². The SMILES string of the molecule is Cc1ccc(CNCc2c(Cl)cccc2S(C)(=O)=O)s1. The van der Waals surface area contributed by atoms with Gasteiger partial charge in [-0.2, -0.15) is 0 Å². The minimum absolute atomic E-state index is 0.292. The summed E-state index contributed by atoms with van der Waals surface area (Å²) in [6.07, 6.45) is 1.20. The molecule has 6 heteroatoms. The summed E-state index contributed by atoms with van der Waals surface area (Å²) in [5.41, 5.74) is 0.630. The second-order valence-electron chi connectivity index (χ2n) is 4.60. The lowest BCUT2D eigenvalue weighted by atomic mass is 10.2. The molecule has 0 spiro atoms. The first kappa shape index (κ1) is 15.5. The van der Waals surface area contributed by atoms with Crippen LogP contribution in [0.1, 0.15) is 15.3 Å². The molecule has 0 aliphatic rings. The van der Waals surface area contributed by atoms with Gasteiger partial charge < -0.3 is 5.32 Å². The smallest absolute Gasteiger partial charge is 0.175 e. The third-order valence-corrected chi connectivity index (χ3v) is 5.41. The third-order valence-electron chi connectivity index (χ3n) is 2.87. The molecule has 0 aliphatic heterocycles. The fourth-order valence-corrected chi connectivity index (χ4v) is 4.06. The standard InChI is InChI=1S/C14H16ClNO2S2/c1-10-6-7-11(19-10)8-16-9-12-13(15)4-3-5-14(12)20(2,17)18/h3-7,16H,8-9H2,1-2H3. The zero-order valence-electron chi connectivity index (χ0n) is 11.3. The molecule has 1 aromatic heterocycles. The van der Waals surface area contributed by atoms with Crippen LogP contribution >= 0.6 is 22.9 Å². The molecule has 20 heavy (non-hydrogen) atoms. The van der Waals surface area contributed by atoms with Gasteiger partial charge in [0.25, 0.3) is 0 Å². The van der Waals surface area contributed by atoms with E-state index in [1.807, 2.05) is 0 Å². The highest BCUT2D eigenvalue weighted by molar-refractivity contribution is 7.90. The number of rotatable bonds is 5. The van der Waals surface area contributed by atoms with E-state index >= 15 is 0 Å². The molecule has 0 unspecified atom stereocenters. The molecule has 1 aromatic carbocycles. The molecule has 1 N–H and O–H groups in total. The molecular formula is C14H16ClNO2S2. The highest BCUT2D eigenvalue weighted by Crippen LogP contribution is 2.24. The predicted molar refractivity (Wildman–Crippen MR) is 84.2 cm³/mol. The second kappa shape index (κ2) is 6.26. The lowest BCUT2D eigenvalue weighted by molar-refractivity contribution is 0.598. The van der Waals surface area contributed by atoms with Crippen molar-refractivity contribution in [3.05, 3.63) is 50.7 Å². The van der Waals surface area contributed by atoms with Gasteiger partial charge in [-0.3, -0.25) is 0 Å². The largest absolute Gasteiger partial charge is 0.308 e. The number of halogens is 1. The van der Waals surface area contributed by atoms with Crippen LogP contribution in [0.2, 0.25) is 5.02 Å². The van der Waals surface area contributed by atoms with Crippen LogP contribution in [0.5, 0.6) is 0 Å². The van der Waals surface area contributed by atoms with Gasteiger partial charge in [-0.15, -0.1) is 11.3 Å². The summed E-state index contributed by atoms with van der Waals surface area (Å²) in [6, 6.07) is 9.09. The van der Waals surface area contributed by atoms with E-state index in [1.54, 1.807) is 29.5 Å². The molecule has 0 aliphatic carbocycles. The zero-order chi connectivity index (χ0) is 14.8. The fraction of sp³-hybridized carbons (Fsp3) is 0.286. The Morgan fingerprint density at radius 3 is 2.55 bits per heavy atom. The van der Waals surface area contributed by atoms with Crippen LogP contribution in [0.3, 0.4) is 0 Å². The molecule has 0 fully saturated rings. The summed E-state index contributed by atoms with van der Waals surface area (Å²) in [5, 5.41) is 3.72. The highest BCUT2D eigenvalue weighted by atomic mass is 35.5. The van der Waals surface area contributed by atoms with Crippen molar-refractivity contribution in [3.63, 3.8) is 0 Å². The predicted octanol–water partition coefficient (Wildman–Crippen LogP) is 3.40. The first-order valence-electron chi connectivity index (χ1n) is 6.11. The lowest BCUT2D eigenvalue weighted by Gasteiger charge is -2.10. The molecular weight excluding hydrogens is 314 g/mol. The van der Waals surface area contributed by atoms with Crippen molar-refractivity contribution in [1.82, 2.24) is 5.32 Å². The molecule has 2 aromatic rings. The first-order chi connectivity index (χ1) is 9.38. The Bertz CT molecular complexity index is 708. The van der Waals surface area contributed by atoms with E-state index in [-0.39, 0.29) is 0 Å². The molecule has 2 rings (SSSR count). The van der Waals surface area contributed by atoms with Crippen LogP contribution < -0.4 is 5.32 Å². The Balaban J connectivity index is 2.13. The van der Waals surface area contributed by atoms with E-state index < -0.39 is 9.84 Å². The summed E-state index contributed by atoms with van der Waals surface area (Å²) in [5.74, 6) is 0. The van der Waals surface area contributed by atoms with Gasteiger partial charge in [0, 0.05) is 39.7 Å². The van der Waals surface area contributed by atoms with Gasteiger partial charge in [-0.1, -0.05) is 17.7 Å². The summed E-state index contributed by atoms with van der Waals surface area (Å²) < 4.78 is 23.5. The van der Waals surface area contributed by atoms with E-state index in [0.717, 1.165) is 0 Å². The lowest BCUT2D eigenvalue weighted by Crippen LogP contribution is -2.15. The van der Waals surface area contributed by atoms with Gasteiger partial charge in [0.15, 0.2) is 9.84 Å².